The molecule has 0 aromatic carbocycles. The minimum Gasteiger partial charge on any atom is -0.393 e. The monoisotopic (exact) mass is 287 g/mol. The smallest absolute Gasteiger partial charge is 0.242 e. The maximum Gasteiger partial charge on any atom is 0.242 e. The van der Waals surface area contributed by atoms with Crippen LogP contribution in [0.15, 0.2) is 0 Å². The molecule has 0 aromatic heterocycles. The Hall–Kier alpha value is -1.17. The Balaban J connectivity index is 4.36. The molecule has 0 aromatic rings. The molecule has 0 bridgehead atoms. The van der Waals surface area contributed by atoms with Crippen molar-refractivity contribution >= 4 is 29.0 Å². The van der Waals surface area contributed by atoms with Gasteiger partial charge in [-0.15, -0.1) is 0 Å². The van der Waals surface area contributed by atoms with E-state index in [1.165, 1.54) is 0 Å². The van der Waals surface area contributed by atoms with Crippen LogP contribution in [0.3, 0.4) is 0 Å². The van der Waals surface area contributed by atoms with Crippen LogP contribution in [0.4, 0.5) is 0 Å². The predicted molar refractivity (Wildman–Crippen MR) is 80.6 cm³/mol. The summed E-state index contributed by atoms with van der Waals surface area (Å²) in [5, 5.41) is 5.42. The third kappa shape index (κ3) is 7.10. The SMILES string of the molecule is CCCC(C(=O)NC(C)C(=O)NCC(C)C)C(N)=S. The Morgan fingerprint density at radius 2 is 1.79 bits per heavy atom. The summed E-state index contributed by atoms with van der Waals surface area (Å²) >= 11 is 4.88. The third-order valence-corrected chi connectivity index (χ3v) is 2.96. The molecule has 2 unspecified atom stereocenters. The van der Waals surface area contributed by atoms with Crippen molar-refractivity contribution < 1.29 is 9.59 Å². The van der Waals surface area contributed by atoms with Gasteiger partial charge in [-0.3, -0.25) is 9.59 Å². The maximum absolute atomic E-state index is 12.0. The van der Waals surface area contributed by atoms with Crippen LogP contribution >= 0.6 is 12.2 Å². The fraction of sp³-hybridized carbons (Fsp3) is 0.769. The first kappa shape index (κ1) is 17.8. The van der Waals surface area contributed by atoms with Gasteiger partial charge in [0.25, 0.3) is 0 Å². The van der Waals surface area contributed by atoms with Gasteiger partial charge >= 0.3 is 0 Å². The van der Waals surface area contributed by atoms with Gasteiger partial charge < -0.3 is 16.4 Å². The zero-order valence-corrected chi connectivity index (χ0v) is 13.0. The first-order valence-electron chi connectivity index (χ1n) is 6.66. The highest BCUT2D eigenvalue weighted by Gasteiger charge is 2.24. The molecule has 0 fully saturated rings. The van der Waals surface area contributed by atoms with E-state index in [1.807, 2.05) is 20.8 Å². The number of thiocarbonyl (C=S) groups is 1. The second kappa shape index (κ2) is 8.85. The number of nitrogens with one attached hydrogen (secondary N) is 2. The Morgan fingerprint density at radius 3 is 2.21 bits per heavy atom. The van der Waals surface area contributed by atoms with E-state index in [0.29, 0.717) is 18.9 Å². The summed E-state index contributed by atoms with van der Waals surface area (Å²) in [6, 6.07) is -0.583. The summed E-state index contributed by atoms with van der Waals surface area (Å²) in [6.07, 6.45) is 1.41. The van der Waals surface area contributed by atoms with Crippen molar-refractivity contribution in [3.63, 3.8) is 0 Å². The van der Waals surface area contributed by atoms with E-state index in [2.05, 4.69) is 10.6 Å². The predicted octanol–water partition coefficient (Wildman–Crippen LogP) is 0.966. The van der Waals surface area contributed by atoms with E-state index in [9.17, 15) is 9.59 Å². The fourth-order valence-electron chi connectivity index (χ4n) is 1.53. The number of rotatable bonds is 8. The molecule has 2 amide bonds. The van der Waals surface area contributed by atoms with Gasteiger partial charge in [-0.25, -0.2) is 0 Å². The Labute approximate surface area is 120 Å². The highest BCUT2D eigenvalue weighted by molar-refractivity contribution is 7.80. The van der Waals surface area contributed by atoms with Crippen LogP contribution in [0, 0.1) is 11.8 Å². The fourth-order valence-corrected chi connectivity index (χ4v) is 1.75. The number of amides is 2. The van der Waals surface area contributed by atoms with Crippen LogP contribution in [-0.2, 0) is 9.59 Å². The van der Waals surface area contributed by atoms with Gasteiger partial charge in [0.15, 0.2) is 0 Å². The van der Waals surface area contributed by atoms with Crippen LogP contribution < -0.4 is 16.4 Å². The van der Waals surface area contributed by atoms with Crippen molar-refractivity contribution in [3.05, 3.63) is 0 Å². The highest BCUT2D eigenvalue weighted by atomic mass is 32.1. The van der Waals surface area contributed by atoms with E-state index >= 15 is 0 Å². The lowest BCUT2D eigenvalue weighted by Gasteiger charge is -2.19. The van der Waals surface area contributed by atoms with E-state index < -0.39 is 12.0 Å². The summed E-state index contributed by atoms with van der Waals surface area (Å²) in [4.78, 5) is 23.9. The molecule has 0 spiro atoms. The molecule has 2 atom stereocenters. The first-order chi connectivity index (χ1) is 8.79. The van der Waals surface area contributed by atoms with Crippen LogP contribution in [-0.4, -0.2) is 29.4 Å². The molecule has 0 aliphatic rings. The second-order valence-electron chi connectivity index (χ2n) is 5.11. The van der Waals surface area contributed by atoms with Crippen LogP contribution in [0.2, 0.25) is 0 Å². The van der Waals surface area contributed by atoms with Crippen LogP contribution in [0.1, 0.15) is 40.5 Å². The number of hydrogen-bond donors (Lipinski definition) is 3. The normalized spacial score (nSPS) is 13.7. The molecule has 0 rings (SSSR count). The first-order valence-corrected chi connectivity index (χ1v) is 7.07. The van der Waals surface area contributed by atoms with Crippen molar-refractivity contribution in [1.29, 1.82) is 0 Å². The molecule has 110 valence electrons. The van der Waals surface area contributed by atoms with E-state index in [-0.39, 0.29) is 16.8 Å². The van der Waals surface area contributed by atoms with Crippen molar-refractivity contribution in [2.45, 2.75) is 46.6 Å². The largest absolute Gasteiger partial charge is 0.393 e. The van der Waals surface area contributed by atoms with Crippen LogP contribution in [0.25, 0.3) is 0 Å². The highest BCUT2D eigenvalue weighted by Crippen LogP contribution is 2.07. The molecule has 0 aliphatic heterocycles. The molecule has 4 N–H and O–H groups in total. The summed E-state index contributed by atoms with van der Waals surface area (Å²) in [5.74, 6) is -0.599. The van der Waals surface area contributed by atoms with E-state index in [0.717, 1.165) is 6.42 Å². The van der Waals surface area contributed by atoms with Crippen molar-refractivity contribution in [2.75, 3.05) is 6.54 Å². The third-order valence-electron chi connectivity index (χ3n) is 2.67. The minimum atomic E-state index is -0.583. The van der Waals surface area contributed by atoms with Gasteiger partial charge in [0, 0.05) is 6.54 Å². The number of carbonyl (C=O) groups excluding carboxylic acids is 2. The number of hydrogen-bond acceptors (Lipinski definition) is 3. The van der Waals surface area contributed by atoms with Gasteiger partial charge in [-0.05, 0) is 19.3 Å². The molecule has 0 saturated heterocycles. The summed E-state index contributed by atoms with van der Waals surface area (Å²) < 4.78 is 0. The molecule has 6 heteroatoms. The molecule has 0 saturated carbocycles. The topological polar surface area (TPSA) is 84.2 Å². The van der Waals surface area contributed by atoms with Gasteiger partial charge in [0.05, 0.1) is 10.9 Å². The molecule has 5 nitrogen and oxygen atoms in total. The molecule has 0 aliphatic carbocycles. The van der Waals surface area contributed by atoms with Gasteiger partial charge in [-0.1, -0.05) is 39.4 Å². The van der Waals surface area contributed by atoms with Crippen molar-refractivity contribution in [3.8, 4) is 0 Å². The second-order valence-corrected chi connectivity index (χ2v) is 5.58. The molecule has 0 heterocycles. The summed E-state index contributed by atoms with van der Waals surface area (Å²) in [5.41, 5.74) is 5.54. The average molecular weight is 287 g/mol. The standard InChI is InChI=1S/C13H25N3O2S/c1-5-6-10(11(14)19)13(18)16-9(4)12(17)15-7-8(2)3/h8-10H,5-7H2,1-4H3,(H2,14,19)(H,15,17)(H,16,18). The molecule has 19 heavy (non-hydrogen) atoms. The van der Waals surface area contributed by atoms with Gasteiger partial charge in [0.1, 0.15) is 6.04 Å². The van der Waals surface area contributed by atoms with E-state index in [4.69, 9.17) is 18.0 Å². The van der Waals surface area contributed by atoms with Crippen molar-refractivity contribution in [1.82, 2.24) is 10.6 Å². The van der Waals surface area contributed by atoms with Gasteiger partial charge in [0.2, 0.25) is 11.8 Å². The number of carbonyl (C=O) groups is 2. The Bertz CT molecular complexity index is 332. The number of nitrogens with two attached hydrogens (primary N) is 1. The lowest BCUT2D eigenvalue weighted by Crippen LogP contribution is -2.49. The quantitative estimate of drug-likeness (QED) is 0.581. The zero-order valence-electron chi connectivity index (χ0n) is 12.2. The molecular weight excluding hydrogens is 262 g/mol. The summed E-state index contributed by atoms with van der Waals surface area (Å²) in [7, 11) is 0. The zero-order chi connectivity index (χ0) is 15.0. The molecular formula is C13H25N3O2S. The summed E-state index contributed by atoms with van der Waals surface area (Å²) in [6.45, 7) is 8.21. The lowest BCUT2D eigenvalue weighted by molar-refractivity contribution is -0.129. The lowest BCUT2D eigenvalue weighted by atomic mass is 10.0. The van der Waals surface area contributed by atoms with Crippen molar-refractivity contribution in [2.24, 2.45) is 17.6 Å². The van der Waals surface area contributed by atoms with Crippen LogP contribution in [0.5, 0.6) is 0 Å². The minimum absolute atomic E-state index is 0.175. The Kier molecular flexibility index (Phi) is 8.30. The maximum atomic E-state index is 12.0. The Morgan fingerprint density at radius 1 is 1.21 bits per heavy atom. The molecule has 0 radical (unpaired) electrons. The van der Waals surface area contributed by atoms with E-state index in [1.54, 1.807) is 6.92 Å². The average Bonchev–Trinajstić information content (AvgIpc) is 2.31. The van der Waals surface area contributed by atoms with Gasteiger partial charge in [-0.2, -0.15) is 0 Å².